The molecule has 1 aromatic rings. The van der Waals surface area contributed by atoms with Crippen LogP contribution in [-0.4, -0.2) is 45.4 Å². The van der Waals surface area contributed by atoms with E-state index >= 15 is 0 Å². The van der Waals surface area contributed by atoms with E-state index in [1.165, 1.54) is 0 Å². The molecule has 0 spiro atoms. The van der Waals surface area contributed by atoms with E-state index in [9.17, 15) is 29.6 Å². The second-order valence-electron chi connectivity index (χ2n) is 6.81. The number of nitro benzene ring substituents is 1. The van der Waals surface area contributed by atoms with Crippen LogP contribution in [-0.2, 0) is 9.59 Å². The fraction of sp³-hybridized carbons (Fsp3) is 0.526. The summed E-state index contributed by atoms with van der Waals surface area (Å²) in [5.41, 5.74) is -1.91. The van der Waals surface area contributed by atoms with Gasteiger partial charge in [-0.1, -0.05) is 33.1 Å². The van der Waals surface area contributed by atoms with Crippen molar-refractivity contribution in [3.05, 3.63) is 27.8 Å². The van der Waals surface area contributed by atoms with Crippen LogP contribution in [0.1, 0.15) is 56.8 Å². The van der Waals surface area contributed by atoms with Crippen LogP contribution >= 0.6 is 0 Å². The highest BCUT2D eigenvalue weighted by molar-refractivity contribution is 6.04. The number of benzene rings is 1. The first-order valence-electron chi connectivity index (χ1n) is 9.55. The number of nitrogens with zero attached hydrogens (tertiary/aromatic N) is 3. The van der Waals surface area contributed by atoms with Gasteiger partial charge in [0.1, 0.15) is 11.3 Å². The first-order valence-corrected chi connectivity index (χ1v) is 9.55. The zero-order valence-electron chi connectivity index (χ0n) is 17.1. The van der Waals surface area contributed by atoms with Crippen molar-refractivity contribution < 1.29 is 29.5 Å². The average molecular weight is 422 g/mol. The summed E-state index contributed by atoms with van der Waals surface area (Å²) in [6, 6.07) is -0.0497. The Morgan fingerprint density at radius 2 is 1.93 bits per heavy atom. The van der Waals surface area contributed by atoms with Gasteiger partial charge in [-0.05, 0) is 19.3 Å². The third-order valence-corrected chi connectivity index (χ3v) is 4.54. The first kappa shape index (κ1) is 24.7. The van der Waals surface area contributed by atoms with Gasteiger partial charge < -0.3 is 15.5 Å². The Morgan fingerprint density at radius 3 is 2.43 bits per heavy atom. The largest absolute Gasteiger partial charge is 0.505 e. The molecule has 0 fully saturated rings. The predicted octanol–water partition coefficient (Wildman–Crippen LogP) is 3.37. The highest BCUT2D eigenvalue weighted by Crippen LogP contribution is 2.35. The topological polar surface area (TPSA) is 172 Å². The van der Waals surface area contributed by atoms with Crippen LogP contribution < -0.4 is 5.32 Å². The summed E-state index contributed by atoms with van der Waals surface area (Å²) in [7, 11) is 0. The third-order valence-electron chi connectivity index (χ3n) is 4.54. The molecular formula is C19H26N4O7. The van der Waals surface area contributed by atoms with E-state index < -0.39 is 51.3 Å². The number of hydrogen-bond acceptors (Lipinski definition) is 8. The summed E-state index contributed by atoms with van der Waals surface area (Å²) >= 11 is 0. The van der Waals surface area contributed by atoms with Crippen LogP contribution in [0.2, 0.25) is 0 Å². The van der Waals surface area contributed by atoms with Crippen molar-refractivity contribution in [3.63, 3.8) is 0 Å². The molecule has 0 aliphatic rings. The number of rotatable bonds is 12. The Balaban J connectivity index is 3.08. The Kier molecular flexibility index (Phi) is 9.53. The van der Waals surface area contributed by atoms with E-state index in [1.54, 1.807) is 0 Å². The summed E-state index contributed by atoms with van der Waals surface area (Å²) in [6.45, 7) is 5.56. The zero-order chi connectivity index (χ0) is 22.8. The summed E-state index contributed by atoms with van der Waals surface area (Å²) < 4.78 is 0. The second-order valence-corrected chi connectivity index (χ2v) is 6.81. The molecule has 3 N–H and O–H groups in total. The maximum Gasteiger partial charge on any atom is 0.339 e. The molecule has 1 aromatic carbocycles. The van der Waals surface area contributed by atoms with Gasteiger partial charge in [-0.15, -0.1) is 0 Å². The van der Waals surface area contributed by atoms with Crippen LogP contribution in [0.3, 0.4) is 0 Å². The molecule has 0 radical (unpaired) electrons. The maximum atomic E-state index is 12.4. The van der Waals surface area contributed by atoms with Gasteiger partial charge in [0, 0.05) is 18.7 Å². The average Bonchev–Trinajstić information content (AvgIpc) is 2.68. The lowest BCUT2D eigenvalue weighted by molar-refractivity contribution is -0.384. The van der Waals surface area contributed by atoms with Crippen molar-refractivity contribution in [2.24, 2.45) is 16.1 Å². The summed E-state index contributed by atoms with van der Waals surface area (Å²) in [4.78, 5) is 45.5. The molecule has 0 saturated heterocycles. The number of unbranched alkanes of at least 4 members (excludes halogenated alkanes) is 1. The number of non-ortho nitro benzene ring substituents is 1. The number of azo groups is 1. The lowest BCUT2D eigenvalue weighted by Gasteiger charge is -2.16. The lowest BCUT2D eigenvalue weighted by atomic mass is 9.99. The molecule has 11 nitrogen and oxygen atoms in total. The first-order chi connectivity index (χ1) is 14.1. The van der Waals surface area contributed by atoms with E-state index in [1.807, 2.05) is 6.92 Å². The van der Waals surface area contributed by atoms with E-state index in [0.717, 1.165) is 38.7 Å². The summed E-state index contributed by atoms with van der Waals surface area (Å²) in [5.74, 6) is -3.53. The highest BCUT2D eigenvalue weighted by Gasteiger charge is 2.25. The van der Waals surface area contributed by atoms with Crippen molar-refractivity contribution in [1.29, 1.82) is 0 Å². The number of hydrogen-bond donors (Lipinski definition) is 3. The third kappa shape index (κ3) is 6.90. The number of nitrogens with one attached hydrogen (secondary N) is 1. The summed E-state index contributed by atoms with van der Waals surface area (Å²) in [6.07, 6.45) is 3.83. The number of carboxylic acid groups (broad SMARTS) is 1. The quantitative estimate of drug-likeness (QED) is 0.200. The zero-order valence-corrected chi connectivity index (χ0v) is 17.1. The fourth-order valence-electron chi connectivity index (χ4n) is 2.67. The molecule has 0 aromatic heterocycles. The van der Waals surface area contributed by atoms with Gasteiger partial charge >= 0.3 is 5.97 Å². The fourth-order valence-corrected chi connectivity index (χ4v) is 2.67. The van der Waals surface area contributed by atoms with Crippen LogP contribution in [0, 0.1) is 16.0 Å². The van der Waals surface area contributed by atoms with Crippen LogP contribution in [0.5, 0.6) is 5.75 Å². The van der Waals surface area contributed by atoms with E-state index in [-0.39, 0.29) is 5.92 Å². The monoisotopic (exact) mass is 422 g/mol. The Bertz CT molecular complexity index is 838. The molecule has 2 atom stereocenters. The standard InChI is InChI=1S/C19H26N4O7/c1-4-6-7-12(5-2)10-20-18(26)16(11(3)24)22-21-15-9-13(23(29)30)8-14(17(15)25)19(27)28/h8-9,12,16,25H,4-7,10H2,1-3H3,(H,20,26)(H,27,28). The van der Waals surface area contributed by atoms with Crippen LogP contribution in [0.15, 0.2) is 22.4 Å². The smallest absolute Gasteiger partial charge is 0.339 e. The predicted molar refractivity (Wildman–Crippen MR) is 107 cm³/mol. The molecule has 30 heavy (non-hydrogen) atoms. The molecule has 164 valence electrons. The van der Waals surface area contributed by atoms with Gasteiger partial charge in [0.2, 0.25) is 6.04 Å². The molecule has 1 rings (SSSR count). The van der Waals surface area contributed by atoms with Gasteiger partial charge in [0.15, 0.2) is 11.5 Å². The van der Waals surface area contributed by atoms with Gasteiger partial charge in [0.05, 0.1) is 4.92 Å². The number of amides is 1. The van der Waals surface area contributed by atoms with E-state index in [4.69, 9.17) is 5.11 Å². The normalized spacial score (nSPS) is 13.0. The SMILES string of the molecule is CCCCC(CC)CNC(=O)C(N=Nc1cc([N+](=O)[O-])cc(C(=O)O)c1O)C(C)=O. The molecule has 1 amide bonds. The maximum absolute atomic E-state index is 12.4. The number of ketones is 1. The molecule has 0 heterocycles. The number of aromatic carboxylic acids is 1. The van der Waals surface area contributed by atoms with Gasteiger partial charge in [0.25, 0.3) is 11.6 Å². The number of carbonyl (C=O) groups is 3. The number of carbonyl (C=O) groups excluding carboxylic acids is 2. The minimum atomic E-state index is -1.61. The van der Waals surface area contributed by atoms with E-state index in [0.29, 0.717) is 12.6 Å². The lowest BCUT2D eigenvalue weighted by Crippen LogP contribution is -2.39. The van der Waals surface area contributed by atoms with Crippen molar-refractivity contribution in [2.75, 3.05) is 6.54 Å². The Labute approximate surface area is 173 Å². The molecular weight excluding hydrogens is 396 g/mol. The molecule has 0 bridgehead atoms. The second kappa shape index (κ2) is 11.6. The molecule has 2 unspecified atom stereocenters. The molecule has 0 aliphatic heterocycles. The van der Waals surface area contributed by atoms with Gasteiger partial charge in [-0.2, -0.15) is 10.2 Å². The number of nitro groups is 1. The van der Waals surface area contributed by atoms with Crippen LogP contribution in [0.25, 0.3) is 0 Å². The van der Waals surface area contributed by atoms with Crippen molar-refractivity contribution in [2.45, 2.75) is 52.5 Å². The van der Waals surface area contributed by atoms with E-state index in [2.05, 4.69) is 22.5 Å². The van der Waals surface area contributed by atoms with Gasteiger partial charge in [-0.25, -0.2) is 4.79 Å². The number of carboxylic acids is 1. The molecule has 0 aliphatic carbocycles. The van der Waals surface area contributed by atoms with Gasteiger partial charge in [-0.3, -0.25) is 19.7 Å². The minimum Gasteiger partial charge on any atom is -0.505 e. The van der Waals surface area contributed by atoms with Crippen molar-refractivity contribution in [1.82, 2.24) is 5.32 Å². The van der Waals surface area contributed by atoms with Crippen molar-refractivity contribution >= 4 is 29.0 Å². The number of phenols is 1. The van der Waals surface area contributed by atoms with Crippen LogP contribution in [0.4, 0.5) is 11.4 Å². The minimum absolute atomic E-state index is 0.248. The number of Topliss-reactive ketones (excluding diaryl/α,β-unsaturated/α-hetero) is 1. The Morgan fingerprint density at radius 1 is 1.27 bits per heavy atom. The summed E-state index contributed by atoms with van der Waals surface area (Å²) in [5, 5.41) is 39.9. The highest BCUT2D eigenvalue weighted by atomic mass is 16.6. The van der Waals surface area contributed by atoms with Crippen molar-refractivity contribution in [3.8, 4) is 5.75 Å². The molecule has 0 saturated carbocycles. The number of aromatic hydroxyl groups is 1. The molecule has 11 heteroatoms. The Hall–Kier alpha value is -3.37.